The lowest BCUT2D eigenvalue weighted by Crippen LogP contribution is -3.00. The van der Waals surface area contributed by atoms with Gasteiger partial charge in [-0.25, -0.2) is 0 Å². The number of hydrogen-bond donors (Lipinski definition) is 2. The molecule has 0 aliphatic carbocycles. The van der Waals surface area contributed by atoms with Crippen LogP contribution in [0.1, 0.15) is 5.56 Å². The quantitative estimate of drug-likeness (QED) is 0.681. The molecule has 2 rings (SSSR count). The van der Waals surface area contributed by atoms with Gasteiger partial charge in [0.15, 0.2) is 0 Å². The Morgan fingerprint density at radius 1 is 1.40 bits per heavy atom. The molecule has 0 atom stereocenters. The lowest BCUT2D eigenvalue weighted by atomic mass is 10.1. The topological polar surface area (TPSA) is 51.0 Å². The van der Waals surface area contributed by atoms with E-state index >= 15 is 0 Å². The van der Waals surface area contributed by atoms with Crippen molar-refractivity contribution in [3.63, 3.8) is 0 Å². The van der Waals surface area contributed by atoms with Crippen LogP contribution in [0.2, 0.25) is 0 Å². The molecule has 0 fully saturated rings. The third kappa shape index (κ3) is 2.25. The fourth-order valence-electron chi connectivity index (χ4n) is 1.65. The first-order chi connectivity index (χ1) is 6.85. The maximum absolute atomic E-state index is 5.54. The van der Waals surface area contributed by atoms with E-state index in [4.69, 9.17) is 10.5 Å². The molecule has 3 nitrogen and oxygen atoms in total. The van der Waals surface area contributed by atoms with Gasteiger partial charge in [-0.1, -0.05) is 0 Å². The number of H-pyrrole nitrogens is 1. The largest absolute Gasteiger partial charge is 1.00 e. The van der Waals surface area contributed by atoms with Crippen LogP contribution in [-0.4, -0.2) is 18.6 Å². The lowest BCUT2D eigenvalue weighted by molar-refractivity contribution is -0.00000330. The van der Waals surface area contributed by atoms with Crippen LogP contribution in [0.15, 0.2) is 24.4 Å². The molecule has 4 heteroatoms. The number of nitrogens with two attached hydrogens (primary N) is 1. The van der Waals surface area contributed by atoms with Gasteiger partial charge in [-0.3, -0.25) is 0 Å². The molecule has 2 aromatic rings. The number of rotatable bonds is 3. The van der Waals surface area contributed by atoms with Crippen LogP contribution >= 0.6 is 0 Å². The van der Waals surface area contributed by atoms with E-state index < -0.39 is 0 Å². The Hall–Kier alpha value is -1.19. The molecule has 3 N–H and O–H groups in total. The van der Waals surface area contributed by atoms with Crippen LogP contribution < -0.4 is 22.9 Å². The van der Waals surface area contributed by atoms with E-state index in [1.165, 1.54) is 10.9 Å². The molecule has 0 saturated heterocycles. The highest BCUT2D eigenvalue weighted by atomic mass is 35.5. The number of aromatic amines is 1. The van der Waals surface area contributed by atoms with Crippen molar-refractivity contribution >= 4 is 10.9 Å². The van der Waals surface area contributed by atoms with Crippen molar-refractivity contribution < 1.29 is 17.1 Å². The van der Waals surface area contributed by atoms with Crippen LogP contribution in [0.4, 0.5) is 0 Å². The van der Waals surface area contributed by atoms with Crippen LogP contribution in [-0.2, 0) is 6.42 Å². The number of aromatic nitrogens is 1. The zero-order valence-electron chi connectivity index (χ0n) is 8.59. The SMILES string of the molecule is COc1ccc2[nH]cc(CCN)c2c1.[Cl-]. The summed E-state index contributed by atoms with van der Waals surface area (Å²) in [5.74, 6) is 0.885. The normalized spacial score (nSPS) is 10.0. The van der Waals surface area contributed by atoms with Crippen molar-refractivity contribution in [3.05, 3.63) is 30.0 Å². The Kier molecular flexibility index (Phi) is 4.00. The van der Waals surface area contributed by atoms with E-state index in [2.05, 4.69) is 4.98 Å². The third-order valence-electron chi connectivity index (χ3n) is 2.39. The minimum atomic E-state index is 0. The standard InChI is InChI=1S/C11H14N2O.ClH/c1-14-9-2-3-11-10(6-9)8(4-5-12)7-13-11;/h2-3,6-7,13H,4-5,12H2,1H3;1H/p-1. The molecule has 1 aromatic carbocycles. The minimum absolute atomic E-state index is 0. The Bertz CT molecular complexity index is 439. The second kappa shape index (κ2) is 5.05. The molecular weight excluding hydrogens is 212 g/mol. The molecule has 0 aliphatic heterocycles. The molecule has 82 valence electrons. The molecule has 0 spiro atoms. The highest BCUT2D eigenvalue weighted by Crippen LogP contribution is 2.23. The Labute approximate surface area is 95.0 Å². The lowest BCUT2D eigenvalue weighted by Gasteiger charge is -2.00. The van der Waals surface area contributed by atoms with Crippen molar-refractivity contribution in [1.29, 1.82) is 0 Å². The summed E-state index contributed by atoms with van der Waals surface area (Å²) in [5, 5.41) is 1.20. The Morgan fingerprint density at radius 2 is 2.20 bits per heavy atom. The first kappa shape index (κ1) is 11.9. The van der Waals surface area contributed by atoms with Crippen molar-refractivity contribution in [3.8, 4) is 5.75 Å². The number of ether oxygens (including phenoxy) is 1. The predicted octanol–water partition coefficient (Wildman–Crippen LogP) is -1.32. The predicted molar refractivity (Wildman–Crippen MR) is 57.6 cm³/mol. The van der Waals surface area contributed by atoms with Crippen LogP contribution in [0.3, 0.4) is 0 Å². The third-order valence-corrected chi connectivity index (χ3v) is 2.39. The number of halogens is 1. The number of methoxy groups -OCH3 is 1. The van der Waals surface area contributed by atoms with Gasteiger partial charge < -0.3 is 27.9 Å². The van der Waals surface area contributed by atoms with Crippen molar-refractivity contribution in [1.82, 2.24) is 4.98 Å². The summed E-state index contributed by atoms with van der Waals surface area (Å²) in [6.45, 7) is 0.671. The van der Waals surface area contributed by atoms with E-state index in [9.17, 15) is 0 Å². The van der Waals surface area contributed by atoms with Crippen molar-refractivity contribution in [2.75, 3.05) is 13.7 Å². The monoisotopic (exact) mass is 225 g/mol. The van der Waals surface area contributed by atoms with E-state index in [1.54, 1.807) is 7.11 Å². The fourth-order valence-corrected chi connectivity index (χ4v) is 1.65. The molecule has 0 aliphatic rings. The van der Waals surface area contributed by atoms with Gasteiger partial charge in [-0.15, -0.1) is 0 Å². The molecule has 0 radical (unpaired) electrons. The van der Waals surface area contributed by atoms with Crippen LogP contribution in [0.5, 0.6) is 5.75 Å². The number of hydrogen-bond acceptors (Lipinski definition) is 2. The zero-order chi connectivity index (χ0) is 9.97. The molecule has 0 unspecified atom stereocenters. The maximum atomic E-state index is 5.54. The van der Waals surface area contributed by atoms with Gasteiger partial charge in [0.1, 0.15) is 5.75 Å². The van der Waals surface area contributed by atoms with Gasteiger partial charge in [0.25, 0.3) is 0 Å². The van der Waals surface area contributed by atoms with Gasteiger partial charge in [0.05, 0.1) is 7.11 Å². The van der Waals surface area contributed by atoms with E-state index in [0.717, 1.165) is 17.7 Å². The highest BCUT2D eigenvalue weighted by Gasteiger charge is 2.03. The van der Waals surface area contributed by atoms with Gasteiger partial charge >= 0.3 is 0 Å². The van der Waals surface area contributed by atoms with Crippen molar-refractivity contribution in [2.24, 2.45) is 5.73 Å². The van der Waals surface area contributed by atoms with E-state index in [-0.39, 0.29) is 12.4 Å². The van der Waals surface area contributed by atoms with Gasteiger partial charge in [-0.2, -0.15) is 0 Å². The summed E-state index contributed by atoms with van der Waals surface area (Å²) in [4.78, 5) is 3.21. The van der Waals surface area contributed by atoms with Gasteiger partial charge in [0, 0.05) is 17.1 Å². The summed E-state index contributed by atoms with van der Waals surface area (Å²) in [5.41, 5.74) is 7.92. The first-order valence-corrected chi connectivity index (χ1v) is 4.69. The molecule has 15 heavy (non-hydrogen) atoms. The summed E-state index contributed by atoms with van der Waals surface area (Å²) in [6.07, 6.45) is 2.91. The first-order valence-electron chi connectivity index (χ1n) is 4.69. The smallest absolute Gasteiger partial charge is 0.119 e. The Morgan fingerprint density at radius 3 is 2.87 bits per heavy atom. The number of benzene rings is 1. The Balaban J connectivity index is 0.00000112. The molecule has 0 amide bonds. The second-order valence-electron chi connectivity index (χ2n) is 3.26. The molecular formula is C11H14ClN2O-. The van der Waals surface area contributed by atoms with E-state index in [0.29, 0.717) is 6.54 Å². The molecule has 0 bridgehead atoms. The summed E-state index contributed by atoms with van der Waals surface area (Å²) >= 11 is 0. The number of nitrogens with one attached hydrogen (secondary N) is 1. The summed E-state index contributed by atoms with van der Waals surface area (Å²) < 4.78 is 5.18. The molecule has 1 heterocycles. The van der Waals surface area contributed by atoms with Gasteiger partial charge in [-0.05, 0) is 36.7 Å². The van der Waals surface area contributed by atoms with Crippen molar-refractivity contribution in [2.45, 2.75) is 6.42 Å². The minimum Gasteiger partial charge on any atom is -1.00 e. The average molecular weight is 226 g/mol. The molecule has 0 saturated carbocycles. The van der Waals surface area contributed by atoms with Crippen LogP contribution in [0, 0.1) is 0 Å². The zero-order valence-corrected chi connectivity index (χ0v) is 9.34. The maximum Gasteiger partial charge on any atom is 0.119 e. The highest BCUT2D eigenvalue weighted by molar-refractivity contribution is 5.84. The van der Waals surface area contributed by atoms with Gasteiger partial charge in [0.2, 0.25) is 0 Å². The summed E-state index contributed by atoms with van der Waals surface area (Å²) in [7, 11) is 1.68. The van der Waals surface area contributed by atoms with Crippen LogP contribution in [0.25, 0.3) is 10.9 Å². The average Bonchev–Trinajstić information content (AvgIpc) is 2.61. The molecule has 1 aromatic heterocycles. The number of fused-ring (bicyclic) bond motifs is 1. The van der Waals surface area contributed by atoms with E-state index in [1.807, 2.05) is 24.4 Å². The summed E-state index contributed by atoms with van der Waals surface area (Å²) in [6, 6.07) is 6.01. The fraction of sp³-hybridized carbons (Fsp3) is 0.273. The second-order valence-corrected chi connectivity index (χ2v) is 3.26.